The highest BCUT2D eigenvalue weighted by Crippen LogP contribution is 2.36. The van der Waals surface area contributed by atoms with Gasteiger partial charge >= 0.3 is 0 Å². The standard InChI is InChI=1S/C19H19N3O4S2/c1-13-16(22(23)24)6-4-8-18(13)28(25,26)21-11-9-14(10-12-21)19-20-15-5-2-3-7-17(15)27-19/h2-8,14H,9-12H2,1H3. The molecule has 2 aromatic carbocycles. The Morgan fingerprint density at radius 2 is 1.86 bits per heavy atom. The van der Waals surface area contributed by atoms with Crippen LogP contribution in [0.5, 0.6) is 0 Å². The molecule has 0 radical (unpaired) electrons. The van der Waals surface area contributed by atoms with Crippen molar-refractivity contribution in [2.24, 2.45) is 0 Å². The summed E-state index contributed by atoms with van der Waals surface area (Å²) in [4.78, 5) is 15.3. The maximum Gasteiger partial charge on any atom is 0.273 e. The lowest BCUT2D eigenvalue weighted by Crippen LogP contribution is -2.38. The first kappa shape index (κ1) is 19.0. The Hall–Kier alpha value is -2.36. The monoisotopic (exact) mass is 417 g/mol. The average molecular weight is 418 g/mol. The number of thiazole rings is 1. The van der Waals surface area contributed by atoms with Crippen LogP contribution in [0.2, 0.25) is 0 Å². The van der Waals surface area contributed by atoms with Crippen molar-refractivity contribution in [1.29, 1.82) is 0 Å². The number of sulfonamides is 1. The zero-order chi connectivity index (χ0) is 19.9. The van der Waals surface area contributed by atoms with Gasteiger partial charge in [0.1, 0.15) is 0 Å². The number of rotatable bonds is 4. The minimum Gasteiger partial charge on any atom is -0.258 e. The van der Waals surface area contributed by atoms with Crippen LogP contribution in [0.15, 0.2) is 47.4 Å². The third-order valence-corrected chi connectivity index (χ3v) is 8.43. The highest BCUT2D eigenvalue weighted by atomic mass is 32.2. The molecular weight excluding hydrogens is 398 g/mol. The van der Waals surface area contributed by atoms with Crippen LogP contribution in [0.25, 0.3) is 10.2 Å². The third-order valence-electron chi connectivity index (χ3n) is 5.18. The van der Waals surface area contributed by atoms with E-state index in [-0.39, 0.29) is 22.1 Å². The molecule has 3 aromatic rings. The second-order valence-electron chi connectivity index (χ2n) is 6.86. The topological polar surface area (TPSA) is 93.4 Å². The smallest absolute Gasteiger partial charge is 0.258 e. The number of benzene rings is 2. The molecular formula is C19H19N3O4S2. The van der Waals surface area contributed by atoms with E-state index >= 15 is 0 Å². The molecule has 9 heteroatoms. The molecule has 0 aliphatic carbocycles. The van der Waals surface area contributed by atoms with Gasteiger partial charge in [0.2, 0.25) is 10.0 Å². The van der Waals surface area contributed by atoms with Gasteiger partial charge in [-0.2, -0.15) is 4.31 Å². The van der Waals surface area contributed by atoms with Gasteiger partial charge < -0.3 is 0 Å². The molecule has 0 unspecified atom stereocenters. The first-order valence-electron chi connectivity index (χ1n) is 8.97. The average Bonchev–Trinajstić information content (AvgIpc) is 3.12. The van der Waals surface area contributed by atoms with Crippen LogP contribution < -0.4 is 0 Å². The molecule has 2 heterocycles. The van der Waals surface area contributed by atoms with Gasteiger partial charge in [-0.15, -0.1) is 11.3 Å². The zero-order valence-electron chi connectivity index (χ0n) is 15.2. The molecule has 1 aromatic heterocycles. The number of fused-ring (bicyclic) bond motifs is 1. The van der Waals surface area contributed by atoms with E-state index in [0.29, 0.717) is 25.9 Å². The predicted molar refractivity (Wildman–Crippen MR) is 108 cm³/mol. The number of piperidine rings is 1. The number of nitrogens with zero attached hydrogens (tertiary/aromatic N) is 3. The Labute approximate surface area is 166 Å². The lowest BCUT2D eigenvalue weighted by atomic mass is 9.99. The first-order chi connectivity index (χ1) is 13.4. The fourth-order valence-electron chi connectivity index (χ4n) is 3.63. The van der Waals surface area contributed by atoms with Crippen molar-refractivity contribution in [2.45, 2.75) is 30.6 Å². The van der Waals surface area contributed by atoms with Crippen LogP contribution in [0.1, 0.15) is 29.3 Å². The van der Waals surface area contributed by atoms with Crippen LogP contribution in [-0.4, -0.2) is 35.7 Å². The molecule has 1 aliphatic heterocycles. The lowest BCUT2D eigenvalue weighted by Gasteiger charge is -2.30. The molecule has 1 fully saturated rings. The molecule has 0 amide bonds. The minimum absolute atomic E-state index is 0.0140. The van der Waals surface area contributed by atoms with E-state index < -0.39 is 14.9 Å². The summed E-state index contributed by atoms with van der Waals surface area (Å²) in [7, 11) is -3.77. The summed E-state index contributed by atoms with van der Waals surface area (Å²) in [6, 6.07) is 12.2. The number of nitro groups is 1. The summed E-state index contributed by atoms with van der Waals surface area (Å²) in [6.45, 7) is 2.25. The summed E-state index contributed by atoms with van der Waals surface area (Å²) in [5.74, 6) is 0.232. The van der Waals surface area contributed by atoms with E-state index in [4.69, 9.17) is 4.98 Å². The molecule has 1 saturated heterocycles. The largest absolute Gasteiger partial charge is 0.273 e. The lowest BCUT2D eigenvalue weighted by molar-refractivity contribution is -0.385. The maximum absolute atomic E-state index is 13.1. The highest BCUT2D eigenvalue weighted by Gasteiger charge is 2.33. The van der Waals surface area contributed by atoms with Crippen LogP contribution in [0.4, 0.5) is 5.69 Å². The van der Waals surface area contributed by atoms with Crippen molar-refractivity contribution in [1.82, 2.24) is 9.29 Å². The van der Waals surface area contributed by atoms with E-state index in [1.165, 1.54) is 29.4 Å². The molecule has 0 spiro atoms. The number of hydrogen-bond acceptors (Lipinski definition) is 6. The van der Waals surface area contributed by atoms with Gasteiger partial charge in [0.25, 0.3) is 5.69 Å². The second kappa shape index (κ2) is 7.23. The Bertz CT molecular complexity index is 1120. The van der Waals surface area contributed by atoms with E-state index in [1.807, 2.05) is 24.3 Å². The van der Waals surface area contributed by atoms with Crippen molar-refractivity contribution in [3.63, 3.8) is 0 Å². The predicted octanol–water partition coefficient (Wildman–Crippen LogP) is 4.08. The molecule has 4 rings (SSSR count). The number of aromatic nitrogens is 1. The number of para-hydroxylation sites is 1. The van der Waals surface area contributed by atoms with Crippen molar-refractivity contribution < 1.29 is 13.3 Å². The summed E-state index contributed by atoms with van der Waals surface area (Å²) < 4.78 is 28.7. The Balaban J connectivity index is 1.54. The van der Waals surface area contributed by atoms with Gasteiger partial charge in [0.15, 0.2) is 0 Å². The van der Waals surface area contributed by atoms with Crippen LogP contribution in [0, 0.1) is 17.0 Å². The van der Waals surface area contributed by atoms with Crippen LogP contribution in [0.3, 0.4) is 0 Å². The SMILES string of the molecule is Cc1c([N+](=O)[O-])cccc1S(=O)(=O)N1CCC(c2nc3ccccc3s2)CC1. The molecule has 28 heavy (non-hydrogen) atoms. The number of hydrogen-bond donors (Lipinski definition) is 0. The Morgan fingerprint density at radius 1 is 1.14 bits per heavy atom. The Kier molecular flexibility index (Phi) is 4.90. The van der Waals surface area contributed by atoms with Gasteiger partial charge in [-0.25, -0.2) is 13.4 Å². The fourth-order valence-corrected chi connectivity index (χ4v) is 6.48. The van der Waals surface area contributed by atoms with Gasteiger partial charge in [-0.1, -0.05) is 18.2 Å². The molecule has 0 bridgehead atoms. The first-order valence-corrected chi connectivity index (χ1v) is 11.2. The summed E-state index contributed by atoms with van der Waals surface area (Å²) in [5, 5.41) is 12.2. The normalized spacial score (nSPS) is 16.5. The van der Waals surface area contributed by atoms with Crippen LogP contribution >= 0.6 is 11.3 Å². The number of nitro benzene ring substituents is 1. The minimum atomic E-state index is -3.77. The van der Waals surface area contributed by atoms with E-state index in [2.05, 4.69) is 0 Å². The quantitative estimate of drug-likeness (QED) is 0.471. The summed E-state index contributed by atoms with van der Waals surface area (Å²) in [6.07, 6.45) is 1.38. The molecule has 7 nitrogen and oxygen atoms in total. The highest BCUT2D eigenvalue weighted by molar-refractivity contribution is 7.89. The molecule has 0 atom stereocenters. The molecule has 1 aliphatic rings. The van der Waals surface area contributed by atoms with E-state index in [1.54, 1.807) is 11.3 Å². The van der Waals surface area contributed by atoms with Crippen molar-refractivity contribution in [3.8, 4) is 0 Å². The van der Waals surface area contributed by atoms with Gasteiger partial charge in [0, 0.05) is 30.6 Å². The van der Waals surface area contributed by atoms with Gasteiger partial charge in [-0.3, -0.25) is 10.1 Å². The van der Waals surface area contributed by atoms with Crippen molar-refractivity contribution in [2.75, 3.05) is 13.1 Å². The van der Waals surface area contributed by atoms with Gasteiger partial charge in [0.05, 0.1) is 25.0 Å². The summed E-state index contributed by atoms with van der Waals surface area (Å²) >= 11 is 1.66. The summed E-state index contributed by atoms with van der Waals surface area (Å²) in [5.41, 5.74) is 0.982. The van der Waals surface area contributed by atoms with E-state index in [9.17, 15) is 18.5 Å². The Morgan fingerprint density at radius 3 is 2.54 bits per heavy atom. The van der Waals surface area contributed by atoms with Crippen molar-refractivity contribution in [3.05, 3.63) is 63.1 Å². The maximum atomic E-state index is 13.1. The molecule has 0 saturated carbocycles. The third kappa shape index (κ3) is 3.30. The molecule has 0 N–H and O–H groups in total. The zero-order valence-corrected chi connectivity index (χ0v) is 16.9. The van der Waals surface area contributed by atoms with Crippen LogP contribution in [-0.2, 0) is 10.0 Å². The molecule has 146 valence electrons. The fraction of sp³-hybridized carbons (Fsp3) is 0.316. The van der Waals surface area contributed by atoms with Gasteiger partial charge in [-0.05, 0) is 38.0 Å². The van der Waals surface area contributed by atoms with E-state index in [0.717, 1.165) is 15.2 Å². The van der Waals surface area contributed by atoms with Crippen molar-refractivity contribution >= 4 is 37.3 Å². The second-order valence-corrected chi connectivity index (χ2v) is 9.82.